The Labute approximate surface area is 87.4 Å². The van der Waals surface area contributed by atoms with Gasteiger partial charge in [-0.05, 0) is 32.1 Å². The van der Waals surface area contributed by atoms with Gasteiger partial charge in [0, 0.05) is 13.2 Å². The number of methoxy groups -OCH3 is 1. The van der Waals surface area contributed by atoms with Gasteiger partial charge in [-0.3, -0.25) is 11.3 Å². The van der Waals surface area contributed by atoms with Crippen LogP contribution in [0.15, 0.2) is 0 Å². The lowest BCUT2D eigenvalue weighted by Crippen LogP contribution is -2.38. The minimum Gasteiger partial charge on any atom is -0.382 e. The van der Waals surface area contributed by atoms with Crippen LogP contribution in [0.4, 0.5) is 0 Å². The number of hydrogen-bond acceptors (Lipinski definition) is 3. The zero-order valence-corrected chi connectivity index (χ0v) is 9.46. The first-order valence-electron chi connectivity index (χ1n) is 5.75. The van der Waals surface area contributed by atoms with E-state index < -0.39 is 0 Å². The molecule has 2 unspecified atom stereocenters. The van der Waals surface area contributed by atoms with E-state index in [9.17, 15) is 0 Å². The topological polar surface area (TPSA) is 47.3 Å². The molecule has 2 atom stereocenters. The van der Waals surface area contributed by atoms with Crippen molar-refractivity contribution in [2.45, 2.75) is 57.6 Å². The fourth-order valence-electron chi connectivity index (χ4n) is 1.95. The molecule has 0 spiro atoms. The van der Waals surface area contributed by atoms with Gasteiger partial charge >= 0.3 is 0 Å². The molecule has 0 heterocycles. The lowest BCUT2D eigenvalue weighted by Gasteiger charge is -2.29. The van der Waals surface area contributed by atoms with Crippen molar-refractivity contribution in [3.63, 3.8) is 0 Å². The zero-order chi connectivity index (χ0) is 10.4. The number of nitrogens with two attached hydrogens (primary N) is 1. The van der Waals surface area contributed by atoms with Crippen LogP contribution in [-0.4, -0.2) is 19.3 Å². The summed E-state index contributed by atoms with van der Waals surface area (Å²) in [7, 11) is 1.77. The zero-order valence-electron chi connectivity index (χ0n) is 9.46. The maximum absolute atomic E-state index is 5.54. The van der Waals surface area contributed by atoms with Crippen LogP contribution in [0.1, 0.15) is 45.4 Å². The van der Waals surface area contributed by atoms with Crippen LogP contribution in [-0.2, 0) is 4.74 Å². The van der Waals surface area contributed by atoms with E-state index in [-0.39, 0.29) is 0 Å². The fraction of sp³-hybridized carbons (Fsp3) is 1.00. The number of hydrazine groups is 1. The highest BCUT2D eigenvalue weighted by atomic mass is 16.5. The van der Waals surface area contributed by atoms with Crippen molar-refractivity contribution in [3.05, 3.63) is 0 Å². The van der Waals surface area contributed by atoms with Gasteiger partial charge in [0.05, 0.1) is 6.10 Å². The third kappa shape index (κ3) is 3.95. The Kier molecular flexibility index (Phi) is 5.45. The van der Waals surface area contributed by atoms with Crippen LogP contribution in [0.2, 0.25) is 0 Å². The Morgan fingerprint density at radius 1 is 1.43 bits per heavy atom. The van der Waals surface area contributed by atoms with Crippen molar-refractivity contribution in [1.29, 1.82) is 0 Å². The third-order valence-corrected chi connectivity index (χ3v) is 3.40. The molecule has 0 radical (unpaired) electrons. The molecule has 3 nitrogen and oxygen atoms in total. The van der Waals surface area contributed by atoms with Crippen molar-refractivity contribution in [2.75, 3.05) is 7.11 Å². The Hall–Kier alpha value is -0.120. The molecule has 1 rings (SSSR count). The molecule has 3 N–H and O–H groups in total. The van der Waals surface area contributed by atoms with Crippen molar-refractivity contribution < 1.29 is 4.74 Å². The van der Waals surface area contributed by atoms with Gasteiger partial charge < -0.3 is 4.74 Å². The summed E-state index contributed by atoms with van der Waals surface area (Å²) in [6.45, 7) is 2.11. The summed E-state index contributed by atoms with van der Waals surface area (Å²) in [5, 5.41) is 0. The monoisotopic (exact) mass is 200 g/mol. The number of rotatable bonds is 7. The molecule has 14 heavy (non-hydrogen) atoms. The maximum Gasteiger partial charge on any atom is 0.0543 e. The average Bonchev–Trinajstić information content (AvgIpc) is 2.15. The molecule has 3 heteroatoms. The Morgan fingerprint density at radius 3 is 2.57 bits per heavy atom. The van der Waals surface area contributed by atoms with Gasteiger partial charge in [0.25, 0.3) is 0 Å². The van der Waals surface area contributed by atoms with Crippen molar-refractivity contribution in [1.82, 2.24) is 5.43 Å². The molecule has 0 aromatic rings. The second-order valence-corrected chi connectivity index (χ2v) is 4.52. The van der Waals surface area contributed by atoms with Gasteiger partial charge in [-0.1, -0.05) is 19.3 Å². The highest BCUT2D eigenvalue weighted by molar-refractivity contribution is 4.76. The minimum atomic E-state index is 0.354. The summed E-state index contributed by atoms with van der Waals surface area (Å²) in [6.07, 6.45) is 8.03. The smallest absolute Gasteiger partial charge is 0.0543 e. The molecule has 0 bridgehead atoms. The predicted molar refractivity (Wildman–Crippen MR) is 58.8 cm³/mol. The molecule has 0 saturated heterocycles. The van der Waals surface area contributed by atoms with Crippen LogP contribution >= 0.6 is 0 Å². The van der Waals surface area contributed by atoms with E-state index in [2.05, 4.69) is 12.3 Å². The van der Waals surface area contributed by atoms with E-state index in [1.807, 2.05) is 0 Å². The molecule has 1 aliphatic rings. The third-order valence-electron chi connectivity index (χ3n) is 3.40. The van der Waals surface area contributed by atoms with E-state index >= 15 is 0 Å². The van der Waals surface area contributed by atoms with Crippen LogP contribution in [0.25, 0.3) is 0 Å². The van der Waals surface area contributed by atoms with Gasteiger partial charge in [0.1, 0.15) is 0 Å². The Morgan fingerprint density at radius 2 is 2.14 bits per heavy atom. The minimum absolute atomic E-state index is 0.354. The van der Waals surface area contributed by atoms with Gasteiger partial charge in [-0.2, -0.15) is 0 Å². The molecule has 1 aliphatic carbocycles. The van der Waals surface area contributed by atoms with Gasteiger partial charge in [-0.15, -0.1) is 0 Å². The lowest BCUT2D eigenvalue weighted by molar-refractivity contribution is 0.104. The van der Waals surface area contributed by atoms with Crippen molar-refractivity contribution in [2.24, 2.45) is 11.8 Å². The highest BCUT2D eigenvalue weighted by Crippen LogP contribution is 2.31. The first-order valence-corrected chi connectivity index (χ1v) is 5.75. The second kappa shape index (κ2) is 6.38. The largest absolute Gasteiger partial charge is 0.382 e. The Bertz CT molecular complexity index is 148. The summed E-state index contributed by atoms with van der Waals surface area (Å²) >= 11 is 0. The fourth-order valence-corrected chi connectivity index (χ4v) is 1.95. The number of nitrogens with one attached hydrogen (secondary N) is 1. The lowest BCUT2D eigenvalue weighted by atomic mass is 9.80. The molecule has 0 aromatic carbocycles. The van der Waals surface area contributed by atoms with E-state index in [1.165, 1.54) is 25.7 Å². The van der Waals surface area contributed by atoms with E-state index in [0.717, 1.165) is 18.8 Å². The van der Waals surface area contributed by atoms with Crippen molar-refractivity contribution in [3.8, 4) is 0 Å². The normalized spacial score (nSPS) is 21.6. The van der Waals surface area contributed by atoms with Crippen LogP contribution in [0.5, 0.6) is 0 Å². The van der Waals surface area contributed by atoms with Crippen LogP contribution < -0.4 is 11.3 Å². The first kappa shape index (κ1) is 12.0. The molecule has 84 valence electrons. The maximum atomic E-state index is 5.54. The van der Waals surface area contributed by atoms with Gasteiger partial charge in [-0.25, -0.2) is 0 Å². The molecule has 1 saturated carbocycles. The quantitative estimate of drug-likeness (QED) is 0.487. The Balaban J connectivity index is 2.10. The highest BCUT2D eigenvalue weighted by Gasteiger charge is 2.21. The average molecular weight is 200 g/mol. The first-order chi connectivity index (χ1) is 6.76. The molecule has 0 aromatic heterocycles. The van der Waals surface area contributed by atoms with E-state index in [4.69, 9.17) is 10.6 Å². The summed E-state index contributed by atoms with van der Waals surface area (Å²) in [5.41, 5.74) is 2.93. The van der Waals surface area contributed by atoms with Crippen LogP contribution in [0.3, 0.4) is 0 Å². The van der Waals surface area contributed by atoms with Crippen LogP contribution in [0, 0.1) is 5.92 Å². The predicted octanol–water partition coefficient (Wildman–Crippen LogP) is 1.82. The molecular weight excluding hydrogens is 176 g/mol. The molecule has 1 fully saturated rings. The summed E-state index contributed by atoms with van der Waals surface area (Å²) < 4.78 is 5.22. The summed E-state index contributed by atoms with van der Waals surface area (Å²) in [4.78, 5) is 0. The van der Waals surface area contributed by atoms with Gasteiger partial charge in [0.2, 0.25) is 0 Å². The summed E-state index contributed by atoms with van der Waals surface area (Å²) in [5.74, 6) is 6.46. The number of hydrogen-bond donors (Lipinski definition) is 2. The summed E-state index contributed by atoms with van der Waals surface area (Å²) in [6, 6.07) is 0.484. The van der Waals surface area contributed by atoms with E-state index in [1.54, 1.807) is 7.11 Å². The molecular formula is C11H24N2O. The van der Waals surface area contributed by atoms with Crippen molar-refractivity contribution >= 4 is 0 Å². The van der Waals surface area contributed by atoms with E-state index in [0.29, 0.717) is 12.1 Å². The SMILES string of the molecule is COC(C)CCC(CC1CCC1)NN. The number of ether oxygens (including phenoxy) is 1. The second-order valence-electron chi connectivity index (χ2n) is 4.52. The van der Waals surface area contributed by atoms with Gasteiger partial charge in [0.15, 0.2) is 0 Å². The molecule has 0 amide bonds. The standard InChI is InChI=1S/C11H24N2O/c1-9(14-2)6-7-11(13-12)8-10-4-3-5-10/h9-11,13H,3-8,12H2,1-2H3. The molecule has 0 aliphatic heterocycles.